The van der Waals surface area contributed by atoms with E-state index in [1.165, 1.54) is 11.8 Å². The number of carbonyl (C=O) groups is 1. The van der Waals surface area contributed by atoms with Gasteiger partial charge in [-0.05, 0) is 29.8 Å². The third-order valence-electron chi connectivity index (χ3n) is 4.98. The van der Waals surface area contributed by atoms with Crippen LogP contribution in [0.5, 0.6) is 5.75 Å². The van der Waals surface area contributed by atoms with Gasteiger partial charge in [0.1, 0.15) is 11.4 Å². The monoisotopic (exact) mass is 482 g/mol. The van der Waals surface area contributed by atoms with E-state index in [1.54, 1.807) is 23.9 Å². The lowest BCUT2D eigenvalue weighted by Crippen LogP contribution is -2.24. The zero-order valence-electron chi connectivity index (χ0n) is 18.4. The average Bonchev–Trinajstić information content (AvgIpc) is 3.39. The van der Waals surface area contributed by atoms with Gasteiger partial charge in [0.05, 0.1) is 18.4 Å². The number of aryl methyl sites for hydroxylation is 1. The predicted octanol–water partition coefficient (Wildman–Crippen LogP) is 3.95. The lowest BCUT2D eigenvalue weighted by atomic mass is 10.1. The fraction of sp³-hybridized carbons (Fsp3) is 0.217. The average molecular weight is 483 g/mol. The molecular formula is C23H23ClN6O2S. The summed E-state index contributed by atoms with van der Waals surface area (Å²) in [6.45, 7) is 0.445. The third kappa shape index (κ3) is 5.37. The van der Waals surface area contributed by atoms with E-state index >= 15 is 0 Å². The summed E-state index contributed by atoms with van der Waals surface area (Å²) >= 11 is 7.23. The van der Waals surface area contributed by atoms with Crippen LogP contribution in [0.2, 0.25) is 5.02 Å². The Morgan fingerprint density at radius 3 is 2.70 bits per heavy atom. The van der Waals surface area contributed by atoms with Crippen LogP contribution in [-0.2, 0) is 25.4 Å². The largest absolute Gasteiger partial charge is 0.497 e. The molecule has 1 amide bonds. The Balaban J connectivity index is 1.46. The number of ether oxygens (including phenoxy) is 1. The summed E-state index contributed by atoms with van der Waals surface area (Å²) in [5.41, 5.74) is 3.54. The molecule has 0 aliphatic heterocycles. The number of thioether (sulfide) groups is 1. The van der Waals surface area contributed by atoms with Crippen molar-refractivity contribution in [2.24, 2.45) is 14.1 Å². The summed E-state index contributed by atoms with van der Waals surface area (Å²) in [6.07, 6.45) is 1.91. The fourth-order valence-electron chi connectivity index (χ4n) is 3.29. The Labute approximate surface area is 200 Å². The van der Waals surface area contributed by atoms with Crippen LogP contribution in [-0.4, -0.2) is 43.3 Å². The highest BCUT2D eigenvalue weighted by atomic mass is 35.5. The minimum Gasteiger partial charge on any atom is -0.497 e. The molecule has 33 heavy (non-hydrogen) atoms. The summed E-state index contributed by atoms with van der Waals surface area (Å²) in [4.78, 5) is 12.3. The topological polar surface area (TPSA) is 86.9 Å². The van der Waals surface area contributed by atoms with E-state index in [1.807, 2.05) is 61.3 Å². The summed E-state index contributed by atoms with van der Waals surface area (Å²) in [5.74, 6) is 1.57. The first kappa shape index (κ1) is 22.9. The van der Waals surface area contributed by atoms with Gasteiger partial charge in [-0.15, -0.1) is 10.2 Å². The van der Waals surface area contributed by atoms with Crippen molar-refractivity contribution in [3.63, 3.8) is 0 Å². The van der Waals surface area contributed by atoms with Crippen molar-refractivity contribution in [2.75, 3.05) is 12.9 Å². The molecule has 4 aromatic rings. The molecule has 0 unspecified atom stereocenters. The number of rotatable bonds is 8. The number of nitrogens with one attached hydrogen (secondary N) is 1. The van der Waals surface area contributed by atoms with Crippen molar-refractivity contribution >= 4 is 29.3 Å². The standard InChI is InChI=1S/C23H23ClN6O2S/c1-29-13-19(21(28-29)16-5-4-6-18(11-16)32-3)22-26-27-23(30(22)2)33-14-20(31)25-12-15-7-9-17(24)10-8-15/h4-11,13H,12,14H2,1-3H3,(H,25,31). The Bertz CT molecular complexity index is 1270. The molecule has 0 bridgehead atoms. The number of amides is 1. The molecule has 8 nitrogen and oxygen atoms in total. The van der Waals surface area contributed by atoms with E-state index in [-0.39, 0.29) is 11.7 Å². The number of halogens is 1. The van der Waals surface area contributed by atoms with Gasteiger partial charge in [0, 0.05) is 37.4 Å². The Kier molecular flexibility index (Phi) is 7.00. The Morgan fingerprint density at radius 2 is 1.94 bits per heavy atom. The van der Waals surface area contributed by atoms with Crippen LogP contribution in [0, 0.1) is 0 Å². The van der Waals surface area contributed by atoms with Gasteiger partial charge in [0.15, 0.2) is 11.0 Å². The van der Waals surface area contributed by atoms with Gasteiger partial charge in [-0.3, -0.25) is 9.48 Å². The lowest BCUT2D eigenvalue weighted by Gasteiger charge is -2.07. The molecule has 0 radical (unpaired) electrons. The molecule has 170 valence electrons. The first-order chi connectivity index (χ1) is 15.9. The van der Waals surface area contributed by atoms with Crippen molar-refractivity contribution in [2.45, 2.75) is 11.7 Å². The SMILES string of the molecule is COc1cccc(-c2nn(C)cc2-c2nnc(SCC(=O)NCc3ccc(Cl)cc3)n2C)c1. The maximum atomic E-state index is 12.3. The van der Waals surface area contributed by atoms with Gasteiger partial charge in [0.2, 0.25) is 5.91 Å². The van der Waals surface area contributed by atoms with Crippen molar-refractivity contribution in [3.05, 3.63) is 65.3 Å². The molecule has 0 aliphatic carbocycles. The zero-order chi connectivity index (χ0) is 23.4. The normalized spacial score (nSPS) is 10.9. The van der Waals surface area contributed by atoms with Crippen molar-refractivity contribution in [3.8, 4) is 28.4 Å². The first-order valence-electron chi connectivity index (χ1n) is 10.2. The van der Waals surface area contributed by atoms with Gasteiger partial charge in [-0.2, -0.15) is 5.10 Å². The predicted molar refractivity (Wildman–Crippen MR) is 129 cm³/mol. The number of hydrogen-bond donors (Lipinski definition) is 1. The molecule has 0 fully saturated rings. The molecule has 2 aromatic carbocycles. The Hall–Kier alpha value is -3.30. The third-order valence-corrected chi connectivity index (χ3v) is 6.26. The van der Waals surface area contributed by atoms with E-state index in [9.17, 15) is 4.79 Å². The summed E-state index contributed by atoms with van der Waals surface area (Å²) < 4.78 is 8.97. The maximum Gasteiger partial charge on any atom is 0.230 e. The van der Waals surface area contributed by atoms with Gasteiger partial charge in [-0.25, -0.2) is 0 Å². The van der Waals surface area contributed by atoms with E-state index in [0.29, 0.717) is 22.5 Å². The van der Waals surface area contributed by atoms with Crippen LogP contribution in [0.25, 0.3) is 22.6 Å². The van der Waals surface area contributed by atoms with E-state index in [0.717, 1.165) is 28.1 Å². The van der Waals surface area contributed by atoms with Crippen molar-refractivity contribution in [1.29, 1.82) is 0 Å². The van der Waals surface area contributed by atoms with Crippen molar-refractivity contribution in [1.82, 2.24) is 29.9 Å². The molecule has 0 saturated carbocycles. The van der Waals surface area contributed by atoms with Crippen LogP contribution in [0.4, 0.5) is 0 Å². The number of methoxy groups -OCH3 is 1. The number of nitrogens with zero attached hydrogens (tertiary/aromatic N) is 5. The van der Waals surface area contributed by atoms with Gasteiger partial charge in [-0.1, -0.05) is 47.6 Å². The second-order valence-corrected chi connectivity index (χ2v) is 8.73. The number of hydrogen-bond acceptors (Lipinski definition) is 6. The highest BCUT2D eigenvalue weighted by molar-refractivity contribution is 7.99. The smallest absolute Gasteiger partial charge is 0.230 e. The maximum absolute atomic E-state index is 12.3. The van der Waals surface area contributed by atoms with Crippen molar-refractivity contribution < 1.29 is 9.53 Å². The minimum atomic E-state index is -0.0852. The van der Waals surface area contributed by atoms with E-state index in [4.69, 9.17) is 16.3 Å². The van der Waals surface area contributed by atoms with Crippen LogP contribution < -0.4 is 10.1 Å². The van der Waals surface area contributed by atoms with Crippen LogP contribution >= 0.6 is 23.4 Å². The van der Waals surface area contributed by atoms with Crippen LogP contribution in [0.3, 0.4) is 0 Å². The molecule has 0 atom stereocenters. The highest BCUT2D eigenvalue weighted by Gasteiger charge is 2.19. The fourth-order valence-corrected chi connectivity index (χ4v) is 4.16. The second kappa shape index (κ2) is 10.1. The molecule has 4 rings (SSSR count). The minimum absolute atomic E-state index is 0.0852. The summed E-state index contributed by atoms with van der Waals surface area (Å²) in [5, 5.41) is 17.5. The Morgan fingerprint density at radius 1 is 1.15 bits per heavy atom. The van der Waals surface area contributed by atoms with Gasteiger partial charge in [0.25, 0.3) is 0 Å². The number of benzene rings is 2. The quantitative estimate of drug-likeness (QED) is 0.383. The molecule has 1 N–H and O–H groups in total. The molecule has 0 aliphatic rings. The summed E-state index contributed by atoms with van der Waals surface area (Å²) in [7, 11) is 5.38. The summed E-state index contributed by atoms with van der Waals surface area (Å²) in [6, 6.07) is 15.1. The van der Waals surface area contributed by atoms with Gasteiger partial charge < -0.3 is 14.6 Å². The molecular weight excluding hydrogens is 460 g/mol. The molecule has 2 aromatic heterocycles. The number of carbonyl (C=O) groups excluding carboxylic acids is 1. The van der Waals surface area contributed by atoms with E-state index < -0.39 is 0 Å². The second-order valence-electron chi connectivity index (χ2n) is 7.35. The van der Waals surface area contributed by atoms with E-state index in [2.05, 4.69) is 20.6 Å². The first-order valence-corrected chi connectivity index (χ1v) is 11.5. The molecule has 0 saturated heterocycles. The molecule has 10 heteroatoms. The number of aromatic nitrogens is 5. The molecule has 2 heterocycles. The van der Waals surface area contributed by atoms with Crippen LogP contribution in [0.1, 0.15) is 5.56 Å². The molecule has 0 spiro atoms. The van der Waals surface area contributed by atoms with Gasteiger partial charge >= 0.3 is 0 Å². The van der Waals surface area contributed by atoms with Crippen LogP contribution in [0.15, 0.2) is 59.9 Å². The zero-order valence-corrected chi connectivity index (χ0v) is 20.0. The lowest BCUT2D eigenvalue weighted by molar-refractivity contribution is -0.118. The highest BCUT2D eigenvalue weighted by Crippen LogP contribution is 2.32.